The molecule has 0 radical (unpaired) electrons. The van der Waals surface area contributed by atoms with Gasteiger partial charge in [-0.3, -0.25) is 0 Å². The fraction of sp³-hybridized carbons (Fsp3) is 0.250. The van der Waals surface area contributed by atoms with Crippen LogP contribution in [-0.2, 0) is 0 Å². The first kappa shape index (κ1) is 15.3. The van der Waals surface area contributed by atoms with Crippen molar-refractivity contribution in [2.24, 2.45) is 0 Å². The molecule has 21 heavy (non-hydrogen) atoms. The summed E-state index contributed by atoms with van der Waals surface area (Å²) in [6.45, 7) is 2.09. The molecule has 1 N–H and O–H groups in total. The molecule has 0 amide bonds. The van der Waals surface area contributed by atoms with Crippen LogP contribution in [0.4, 0.5) is 8.78 Å². The van der Waals surface area contributed by atoms with E-state index in [0.29, 0.717) is 17.9 Å². The van der Waals surface area contributed by atoms with Gasteiger partial charge in [0.15, 0.2) is 11.6 Å². The summed E-state index contributed by atoms with van der Waals surface area (Å²) in [4.78, 5) is 0. The van der Waals surface area contributed by atoms with E-state index in [1.807, 2.05) is 6.92 Å². The van der Waals surface area contributed by atoms with Gasteiger partial charge in [0.1, 0.15) is 24.3 Å². The molecule has 112 valence electrons. The molecule has 5 heteroatoms. The van der Waals surface area contributed by atoms with E-state index in [0.717, 1.165) is 18.2 Å². The van der Waals surface area contributed by atoms with Gasteiger partial charge in [-0.15, -0.1) is 0 Å². The molecule has 3 nitrogen and oxygen atoms in total. The molecule has 0 heterocycles. The molecule has 1 unspecified atom stereocenters. The summed E-state index contributed by atoms with van der Waals surface area (Å²) in [6, 6.07) is 9.88. The van der Waals surface area contributed by atoms with E-state index in [1.54, 1.807) is 24.3 Å². The van der Waals surface area contributed by atoms with Crippen LogP contribution < -0.4 is 9.47 Å². The Bertz CT molecular complexity index is 602. The topological polar surface area (TPSA) is 38.7 Å². The summed E-state index contributed by atoms with van der Waals surface area (Å²) in [7, 11) is 0. The second kappa shape index (κ2) is 7.04. The quantitative estimate of drug-likeness (QED) is 0.886. The number of para-hydroxylation sites is 1. The smallest absolute Gasteiger partial charge is 0.165 e. The minimum atomic E-state index is -1.00. The van der Waals surface area contributed by atoms with Crippen LogP contribution >= 0.6 is 0 Å². The first-order chi connectivity index (χ1) is 10.1. The van der Waals surface area contributed by atoms with Gasteiger partial charge in [-0.2, -0.15) is 0 Å². The van der Waals surface area contributed by atoms with Crippen molar-refractivity contribution in [3.63, 3.8) is 0 Å². The van der Waals surface area contributed by atoms with Gasteiger partial charge in [-0.1, -0.05) is 18.2 Å². The molecule has 1 atom stereocenters. The van der Waals surface area contributed by atoms with Crippen LogP contribution in [0, 0.1) is 11.6 Å². The minimum absolute atomic E-state index is 0.204. The molecule has 0 aliphatic carbocycles. The van der Waals surface area contributed by atoms with Crippen LogP contribution in [0.2, 0.25) is 0 Å². The predicted molar refractivity (Wildman–Crippen MR) is 74.4 cm³/mol. The Kier molecular flexibility index (Phi) is 5.11. The third-order valence-electron chi connectivity index (χ3n) is 2.87. The molecule has 0 spiro atoms. The monoisotopic (exact) mass is 294 g/mol. The number of aliphatic hydroxyl groups excluding tert-OH is 1. The van der Waals surface area contributed by atoms with E-state index < -0.39 is 17.7 Å². The van der Waals surface area contributed by atoms with Gasteiger partial charge >= 0.3 is 0 Å². The molecule has 0 bridgehead atoms. The lowest BCUT2D eigenvalue weighted by Gasteiger charge is -2.16. The highest BCUT2D eigenvalue weighted by Crippen LogP contribution is 2.26. The zero-order chi connectivity index (χ0) is 15.2. The summed E-state index contributed by atoms with van der Waals surface area (Å²) >= 11 is 0. The van der Waals surface area contributed by atoms with Crippen molar-refractivity contribution in [1.29, 1.82) is 0 Å². The van der Waals surface area contributed by atoms with Crippen LogP contribution in [0.1, 0.15) is 18.6 Å². The highest BCUT2D eigenvalue weighted by atomic mass is 19.1. The van der Waals surface area contributed by atoms with E-state index in [2.05, 4.69) is 0 Å². The molecular formula is C16H16F2O3. The predicted octanol–water partition coefficient (Wildman–Crippen LogP) is 3.48. The molecule has 2 aromatic carbocycles. The van der Waals surface area contributed by atoms with E-state index in [4.69, 9.17) is 9.47 Å². The number of hydrogen-bond acceptors (Lipinski definition) is 3. The number of rotatable bonds is 6. The normalized spacial score (nSPS) is 12.0. The van der Waals surface area contributed by atoms with Crippen LogP contribution in [0.15, 0.2) is 42.5 Å². The number of aliphatic hydroxyl groups is 1. The average Bonchev–Trinajstić information content (AvgIpc) is 2.49. The van der Waals surface area contributed by atoms with E-state index in [1.165, 1.54) is 0 Å². The maximum Gasteiger partial charge on any atom is 0.165 e. The SMILES string of the molecule is CCOc1ccccc1C(O)COc1cc(F)ccc1F. The molecule has 0 aliphatic heterocycles. The molecule has 2 rings (SSSR count). The zero-order valence-corrected chi connectivity index (χ0v) is 11.6. The highest BCUT2D eigenvalue weighted by molar-refractivity contribution is 5.35. The Morgan fingerprint density at radius 1 is 1.05 bits per heavy atom. The summed E-state index contributed by atoms with van der Waals surface area (Å²) in [6.07, 6.45) is -1.00. The fourth-order valence-electron chi connectivity index (χ4n) is 1.89. The lowest BCUT2D eigenvalue weighted by Crippen LogP contribution is -2.12. The largest absolute Gasteiger partial charge is 0.493 e. The van der Waals surface area contributed by atoms with Crippen LogP contribution in [-0.4, -0.2) is 18.3 Å². The number of ether oxygens (including phenoxy) is 2. The maximum absolute atomic E-state index is 13.4. The third-order valence-corrected chi connectivity index (χ3v) is 2.87. The van der Waals surface area contributed by atoms with Crippen molar-refractivity contribution < 1.29 is 23.4 Å². The summed E-state index contributed by atoms with van der Waals surface area (Å²) in [5, 5.41) is 10.1. The Labute approximate surface area is 121 Å². The Balaban J connectivity index is 2.08. The van der Waals surface area contributed by atoms with Gasteiger partial charge in [0.2, 0.25) is 0 Å². The second-order valence-electron chi connectivity index (χ2n) is 4.37. The number of hydrogen-bond donors (Lipinski definition) is 1. The van der Waals surface area contributed by atoms with Crippen molar-refractivity contribution in [1.82, 2.24) is 0 Å². The first-order valence-electron chi connectivity index (χ1n) is 6.59. The second-order valence-corrected chi connectivity index (χ2v) is 4.37. The lowest BCUT2D eigenvalue weighted by atomic mass is 10.1. The first-order valence-corrected chi connectivity index (χ1v) is 6.59. The zero-order valence-electron chi connectivity index (χ0n) is 11.6. The molecule has 0 fully saturated rings. The van der Waals surface area contributed by atoms with E-state index >= 15 is 0 Å². The Morgan fingerprint density at radius 3 is 2.57 bits per heavy atom. The highest BCUT2D eigenvalue weighted by Gasteiger charge is 2.15. The molecule has 0 aromatic heterocycles. The van der Waals surface area contributed by atoms with Crippen molar-refractivity contribution in [3.8, 4) is 11.5 Å². The number of benzene rings is 2. The summed E-state index contributed by atoms with van der Waals surface area (Å²) < 4.78 is 37.0. The van der Waals surface area contributed by atoms with Gasteiger partial charge in [-0.25, -0.2) is 8.78 Å². The van der Waals surface area contributed by atoms with Crippen molar-refractivity contribution in [2.75, 3.05) is 13.2 Å². The number of halogens is 2. The van der Waals surface area contributed by atoms with Gasteiger partial charge in [0, 0.05) is 11.6 Å². The Hall–Kier alpha value is -2.14. The average molecular weight is 294 g/mol. The third kappa shape index (κ3) is 3.92. The van der Waals surface area contributed by atoms with Crippen molar-refractivity contribution in [2.45, 2.75) is 13.0 Å². The standard InChI is InChI=1S/C16H16F2O3/c1-2-20-15-6-4-3-5-12(15)14(19)10-21-16-9-11(17)7-8-13(16)18/h3-9,14,19H,2,10H2,1H3. The van der Waals surface area contributed by atoms with Crippen LogP contribution in [0.5, 0.6) is 11.5 Å². The lowest BCUT2D eigenvalue weighted by molar-refractivity contribution is 0.102. The molecular weight excluding hydrogens is 278 g/mol. The van der Waals surface area contributed by atoms with Crippen LogP contribution in [0.25, 0.3) is 0 Å². The minimum Gasteiger partial charge on any atom is -0.493 e. The Morgan fingerprint density at radius 2 is 1.81 bits per heavy atom. The molecule has 0 saturated carbocycles. The van der Waals surface area contributed by atoms with E-state index in [9.17, 15) is 13.9 Å². The summed E-state index contributed by atoms with van der Waals surface area (Å²) in [5.74, 6) is -0.976. The maximum atomic E-state index is 13.4. The van der Waals surface area contributed by atoms with Gasteiger partial charge in [0.05, 0.1) is 6.61 Å². The summed E-state index contributed by atoms with van der Waals surface area (Å²) in [5.41, 5.74) is 0.538. The molecule has 2 aromatic rings. The van der Waals surface area contributed by atoms with Crippen molar-refractivity contribution >= 4 is 0 Å². The molecule has 0 aliphatic rings. The van der Waals surface area contributed by atoms with E-state index in [-0.39, 0.29) is 12.4 Å². The van der Waals surface area contributed by atoms with Crippen LogP contribution in [0.3, 0.4) is 0 Å². The van der Waals surface area contributed by atoms with Gasteiger partial charge in [0.25, 0.3) is 0 Å². The fourth-order valence-corrected chi connectivity index (χ4v) is 1.89. The van der Waals surface area contributed by atoms with Gasteiger partial charge < -0.3 is 14.6 Å². The molecule has 0 saturated heterocycles. The van der Waals surface area contributed by atoms with Crippen molar-refractivity contribution in [3.05, 3.63) is 59.7 Å². The van der Waals surface area contributed by atoms with Gasteiger partial charge in [-0.05, 0) is 25.1 Å².